The number of nitrogens with one attached hydrogen (secondary N) is 2. The van der Waals surface area contributed by atoms with E-state index in [-0.39, 0.29) is 18.3 Å². The summed E-state index contributed by atoms with van der Waals surface area (Å²) in [7, 11) is 0. The molecule has 1 aliphatic heterocycles. The van der Waals surface area contributed by atoms with Crippen molar-refractivity contribution < 1.29 is 9.53 Å². The molecule has 23 heavy (non-hydrogen) atoms. The summed E-state index contributed by atoms with van der Waals surface area (Å²) in [5.41, 5.74) is 1.14. The summed E-state index contributed by atoms with van der Waals surface area (Å²) < 4.78 is 5.82. The van der Waals surface area contributed by atoms with Crippen LogP contribution in [0.3, 0.4) is 0 Å². The van der Waals surface area contributed by atoms with Crippen LogP contribution in [0.1, 0.15) is 38.2 Å². The van der Waals surface area contributed by atoms with Crippen molar-refractivity contribution in [1.29, 1.82) is 0 Å². The molecule has 2 rings (SSSR count). The first-order valence-electron chi connectivity index (χ1n) is 8.40. The number of carbonyl (C=O) groups excluding carboxylic acids is 1. The van der Waals surface area contributed by atoms with E-state index in [0.717, 1.165) is 37.4 Å². The Balaban J connectivity index is 0.00000264. The van der Waals surface area contributed by atoms with Crippen molar-refractivity contribution in [2.45, 2.75) is 45.6 Å². The van der Waals surface area contributed by atoms with E-state index in [9.17, 15) is 4.79 Å². The molecule has 0 aromatic heterocycles. The van der Waals surface area contributed by atoms with Crippen LogP contribution in [0.5, 0.6) is 5.75 Å². The number of ether oxygens (including phenoxy) is 1. The summed E-state index contributed by atoms with van der Waals surface area (Å²) in [6.45, 7) is 6.94. The molecule has 1 aromatic carbocycles. The first kappa shape index (κ1) is 19.8. The molecule has 0 spiro atoms. The van der Waals surface area contributed by atoms with E-state index in [1.165, 1.54) is 12.8 Å². The Morgan fingerprint density at radius 2 is 2.30 bits per heavy atom. The third-order valence-corrected chi connectivity index (χ3v) is 4.18. The van der Waals surface area contributed by atoms with Crippen LogP contribution < -0.4 is 15.4 Å². The van der Waals surface area contributed by atoms with Crippen molar-refractivity contribution in [1.82, 2.24) is 10.6 Å². The van der Waals surface area contributed by atoms with Gasteiger partial charge in [0.25, 0.3) is 5.91 Å². The van der Waals surface area contributed by atoms with Crippen LogP contribution in [0, 0.1) is 12.8 Å². The number of carbonyl (C=O) groups is 1. The van der Waals surface area contributed by atoms with Gasteiger partial charge < -0.3 is 15.4 Å². The Morgan fingerprint density at radius 3 is 2.96 bits per heavy atom. The van der Waals surface area contributed by atoms with E-state index in [1.807, 2.05) is 38.1 Å². The highest BCUT2D eigenvalue weighted by Gasteiger charge is 2.19. The lowest BCUT2D eigenvalue weighted by molar-refractivity contribution is -0.128. The van der Waals surface area contributed by atoms with Gasteiger partial charge in [-0.3, -0.25) is 4.79 Å². The van der Waals surface area contributed by atoms with Gasteiger partial charge in [0.05, 0.1) is 0 Å². The second kappa shape index (κ2) is 10.5. The molecule has 130 valence electrons. The highest BCUT2D eigenvalue weighted by atomic mass is 35.5. The van der Waals surface area contributed by atoms with Gasteiger partial charge in [0.2, 0.25) is 0 Å². The number of piperidine rings is 1. The van der Waals surface area contributed by atoms with Crippen LogP contribution in [-0.2, 0) is 4.79 Å². The van der Waals surface area contributed by atoms with Crippen molar-refractivity contribution in [3.63, 3.8) is 0 Å². The smallest absolute Gasteiger partial charge is 0.261 e. The van der Waals surface area contributed by atoms with Crippen molar-refractivity contribution in [3.8, 4) is 5.75 Å². The minimum atomic E-state index is -0.411. The van der Waals surface area contributed by atoms with Crippen molar-refractivity contribution in [3.05, 3.63) is 29.8 Å². The fourth-order valence-electron chi connectivity index (χ4n) is 2.86. The molecule has 1 saturated heterocycles. The van der Waals surface area contributed by atoms with Gasteiger partial charge in [-0.2, -0.15) is 0 Å². The van der Waals surface area contributed by atoms with Crippen LogP contribution >= 0.6 is 12.4 Å². The minimum absolute atomic E-state index is 0. The van der Waals surface area contributed by atoms with Gasteiger partial charge in [0, 0.05) is 6.54 Å². The molecule has 1 aliphatic rings. The van der Waals surface area contributed by atoms with Crippen LogP contribution in [0.25, 0.3) is 0 Å². The first-order chi connectivity index (χ1) is 10.7. The molecule has 2 atom stereocenters. The molecule has 0 radical (unpaired) electrons. The van der Waals surface area contributed by atoms with E-state index in [0.29, 0.717) is 12.3 Å². The first-order valence-corrected chi connectivity index (χ1v) is 8.40. The maximum absolute atomic E-state index is 12.3. The van der Waals surface area contributed by atoms with Crippen LogP contribution in [0.2, 0.25) is 0 Å². The molecular weight excluding hydrogens is 312 g/mol. The van der Waals surface area contributed by atoms with Gasteiger partial charge in [-0.1, -0.05) is 19.1 Å². The number of rotatable bonds is 7. The van der Waals surface area contributed by atoms with E-state index < -0.39 is 6.10 Å². The fourth-order valence-corrected chi connectivity index (χ4v) is 2.86. The van der Waals surface area contributed by atoms with E-state index >= 15 is 0 Å². The highest BCUT2D eigenvalue weighted by Crippen LogP contribution is 2.16. The Kier molecular flexibility index (Phi) is 9.03. The maximum Gasteiger partial charge on any atom is 0.261 e. The minimum Gasteiger partial charge on any atom is -0.481 e. The van der Waals surface area contributed by atoms with Gasteiger partial charge in [-0.25, -0.2) is 0 Å². The van der Waals surface area contributed by atoms with E-state index in [1.54, 1.807) is 0 Å². The van der Waals surface area contributed by atoms with Gasteiger partial charge in [-0.15, -0.1) is 12.4 Å². The molecule has 1 heterocycles. The van der Waals surface area contributed by atoms with Crippen molar-refractivity contribution in [2.75, 3.05) is 19.6 Å². The molecule has 2 unspecified atom stereocenters. The van der Waals surface area contributed by atoms with Crippen LogP contribution in [-0.4, -0.2) is 31.6 Å². The SMILES string of the molecule is CCC(Oc1cccc(C)c1)C(=O)NCCC1CCCNC1.Cl. The lowest BCUT2D eigenvalue weighted by Gasteiger charge is -2.23. The lowest BCUT2D eigenvalue weighted by atomic mass is 9.96. The van der Waals surface area contributed by atoms with Gasteiger partial charge >= 0.3 is 0 Å². The maximum atomic E-state index is 12.3. The second-order valence-corrected chi connectivity index (χ2v) is 6.12. The lowest BCUT2D eigenvalue weighted by Crippen LogP contribution is -2.40. The predicted octanol–water partition coefficient (Wildman–Crippen LogP) is 3.08. The Morgan fingerprint density at radius 1 is 1.48 bits per heavy atom. The third-order valence-electron chi connectivity index (χ3n) is 4.18. The summed E-state index contributed by atoms with van der Waals surface area (Å²) in [5.74, 6) is 1.44. The number of amides is 1. The standard InChI is InChI=1S/C18H28N2O2.ClH/c1-3-17(22-16-8-4-6-14(2)12-16)18(21)20-11-9-15-7-5-10-19-13-15;/h4,6,8,12,15,17,19H,3,5,7,9-11,13H2,1-2H3,(H,20,21);1H. The number of hydrogen-bond acceptors (Lipinski definition) is 3. The summed E-state index contributed by atoms with van der Waals surface area (Å²) >= 11 is 0. The zero-order chi connectivity index (χ0) is 15.8. The quantitative estimate of drug-likeness (QED) is 0.802. The van der Waals surface area contributed by atoms with Crippen LogP contribution in [0.15, 0.2) is 24.3 Å². The number of hydrogen-bond donors (Lipinski definition) is 2. The normalized spacial score (nSPS) is 18.6. The average molecular weight is 341 g/mol. The molecule has 0 saturated carbocycles. The fraction of sp³-hybridized carbons (Fsp3) is 0.611. The number of halogens is 1. The summed E-state index contributed by atoms with van der Waals surface area (Å²) in [6, 6.07) is 7.83. The highest BCUT2D eigenvalue weighted by molar-refractivity contribution is 5.85. The van der Waals surface area contributed by atoms with Crippen LogP contribution in [0.4, 0.5) is 0 Å². The molecule has 1 aromatic rings. The molecule has 0 aliphatic carbocycles. The third kappa shape index (κ3) is 6.80. The zero-order valence-electron chi connectivity index (χ0n) is 14.1. The topological polar surface area (TPSA) is 50.4 Å². The molecule has 1 fully saturated rings. The Hall–Kier alpha value is -1.26. The van der Waals surface area contributed by atoms with Gasteiger partial charge in [0.15, 0.2) is 6.10 Å². The monoisotopic (exact) mass is 340 g/mol. The van der Waals surface area contributed by atoms with Crippen molar-refractivity contribution >= 4 is 18.3 Å². The second-order valence-electron chi connectivity index (χ2n) is 6.12. The van der Waals surface area contributed by atoms with Crippen molar-refractivity contribution in [2.24, 2.45) is 5.92 Å². The largest absolute Gasteiger partial charge is 0.481 e. The van der Waals surface area contributed by atoms with Gasteiger partial charge in [0.1, 0.15) is 5.75 Å². The predicted molar refractivity (Wildman–Crippen MR) is 96.4 cm³/mol. The van der Waals surface area contributed by atoms with Gasteiger partial charge in [-0.05, 0) is 69.3 Å². The zero-order valence-corrected chi connectivity index (χ0v) is 15.0. The summed E-state index contributed by atoms with van der Waals surface area (Å²) in [4.78, 5) is 12.3. The summed E-state index contributed by atoms with van der Waals surface area (Å²) in [5, 5.41) is 6.43. The van der Waals surface area contributed by atoms with E-state index in [2.05, 4.69) is 10.6 Å². The molecule has 2 N–H and O–H groups in total. The average Bonchev–Trinajstić information content (AvgIpc) is 2.53. The number of benzene rings is 1. The Labute approximate surface area is 145 Å². The molecule has 5 heteroatoms. The molecule has 1 amide bonds. The summed E-state index contributed by atoms with van der Waals surface area (Å²) in [6.07, 6.45) is 3.81. The Bertz CT molecular complexity index is 476. The number of aryl methyl sites for hydroxylation is 1. The molecule has 0 bridgehead atoms. The molecular formula is C18H29ClN2O2. The van der Waals surface area contributed by atoms with E-state index in [4.69, 9.17) is 4.74 Å². The molecule has 4 nitrogen and oxygen atoms in total.